The standard InChI is InChI=1S/C17H20F3NO3/c1-2-3-4-10-24-17(23)13-6-5-9-21(13)16(22)11-7-8-12(18)15(20)14(11)19/h7-8,13H,2-6,9-10H2,1H3. The summed E-state index contributed by atoms with van der Waals surface area (Å²) in [6, 6.07) is 0.768. The van der Waals surface area contributed by atoms with Crippen molar-refractivity contribution >= 4 is 11.9 Å². The molecule has 1 aromatic rings. The minimum atomic E-state index is -1.70. The molecule has 0 N–H and O–H groups in total. The number of halogens is 3. The van der Waals surface area contributed by atoms with Gasteiger partial charge in [-0.1, -0.05) is 19.8 Å². The molecule has 132 valence electrons. The first-order chi connectivity index (χ1) is 11.5. The number of carbonyl (C=O) groups excluding carboxylic acids is 2. The number of nitrogens with zero attached hydrogens (tertiary/aromatic N) is 1. The molecule has 0 spiro atoms. The fourth-order valence-corrected chi connectivity index (χ4v) is 2.72. The van der Waals surface area contributed by atoms with Gasteiger partial charge in [0.05, 0.1) is 12.2 Å². The molecule has 0 bridgehead atoms. The summed E-state index contributed by atoms with van der Waals surface area (Å²) in [5.74, 6) is -5.97. The van der Waals surface area contributed by atoms with Crippen molar-refractivity contribution in [2.75, 3.05) is 13.2 Å². The molecule has 1 heterocycles. The van der Waals surface area contributed by atoms with Gasteiger partial charge in [-0.3, -0.25) is 4.79 Å². The lowest BCUT2D eigenvalue weighted by Crippen LogP contribution is -2.42. The van der Waals surface area contributed by atoms with Crippen molar-refractivity contribution in [2.45, 2.75) is 45.1 Å². The van der Waals surface area contributed by atoms with Gasteiger partial charge in [0, 0.05) is 6.54 Å². The van der Waals surface area contributed by atoms with E-state index in [2.05, 4.69) is 0 Å². The van der Waals surface area contributed by atoms with Crippen molar-refractivity contribution in [2.24, 2.45) is 0 Å². The van der Waals surface area contributed by atoms with Crippen LogP contribution in [0.1, 0.15) is 49.4 Å². The number of ether oxygens (including phenoxy) is 1. The number of likely N-dealkylation sites (tertiary alicyclic amines) is 1. The SMILES string of the molecule is CCCCCOC(=O)C1CCCN1C(=O)c1ccc(F)c(F)c1F. The van der Waals surface area contributed by atoms with Crippen LogP contribution in [0.5, 0.6) is 0 Å². The van der Waals surface area contributed by atoms with Gasteiger partial charge in [-0.05, 0) is 31.4 Å². The number of hydrogen-bond donors (Lipinski definition) is 0. The van der Waals surface area contributed by atoms with Crippen LogP contribution in [0.3, 0.4) is 0 Å². The van der Waals surface area contributed by atoms with E-state index >= 15 is 0 Å². The van der Waals surface area contributed by atoms with Gasteiger partial charge in [0.15, 0.2) is 17.5 Å². The van der Waals surface area contributed by atoms with Gasteiger partial charge in [-0.2, -0.15) is 0 Å². The lowest BCUT2D eigenvalue weighted by atomic mass is 10.1. The number of carbonyl (C=O) groups is 2. The Kier molecular flexibility index (Phi) is 6.23. The molecule has 0 radical (unpaired) electrons. The van der Waals surface area contributed by atoms with Gasteiger partial charge in [0.25, 0.3) is 5.91 Å². The normalized spacial score (nSPS) is 17.2. The summed E-state index contributed by atoms with van der Waals surface area (Å²) in [7, 11) is 0. The Morgan fingerprint density at radius 1 is 1.21 bits per heavy atom. The van der Waals surface area contributed by atoms with E-state index in [-0.39, 0.29) is 13.2 Å². The maximum Gasteiger partial charge on any atom is 0.328 e. The van der Waals surface area contributed by atoms with E-state index in [1.807, 2.05) is 6.92 Å². The van der Waals surface area contributed by atoms with Crippen molar-refractivity contribution in [3.8, 4) is 0 Å². The van der Waals surface area contributed by atoms with Crippen LogP contribution in [-0.4, -0.2) is 36.0 Å². The zero-order chi connectivity index (χ0) is 17.7. The second-order valence-electron chi connectivity index (χ2n) is 5.75. The molecule has 2 rings (SSSR count). The van der Waals surface area contributed by atoms with Crippen LogP contribution in [0.2, 0.25) is 0 Å². The molecule has 4 nitrogen and oxygen atoms in total. The van der Waals surface area contributed by atoms with Crippen LogP contribution in [0.15, 0.2) is 12.1 Å². The molecule has 1 amide bonds. The first kappa shape index (κ1) is 18.3. The fourth-order valence-electron chi connectivity index (χ4n) is 2.72. The Balaban J connectivity index is 2.08. The van der Waals surface area contributed by atoms with Gasteiger partial charge in [-0.15, -0.1) is 0 Å². The maximum atomic E-state index is 13.8. The number of benzene rings is 1. The quantitative estimate of drug-likeness (QED) is 0.452. The summed E-state index contributed by atoms with van der Waals surface area (Å²) in [5, 5.41) is 0. The molecule has 1 fully saturated rings. The molecule has 1 atom stereocenters. The van der Waals surface area contributed by atoms with Crippen LogP contribution in [-0.2, 0) is 9.53 Å². The van der Waals surface area contributed by atoms with Crippen molar-refractivity contribution < 1.29 is 27.5 Å². The van der Waals surface area contributed by atoms with Gasteiger partial charge in [0.1, 0.15) is 6.04 Å². The monoisotopic (exact) mass is 343 g/mol. The minimum Gasteiger partial charge on any atom is -0.464 e. The summed E-state index contributed by atoms with van der Waals surface area (Å²) in [6.07, 6.45) is 3.62. The topological polar surface area (TPSA) is 46.6 Å². The van der Waals surface area contributed by atoms with Crippen LogP contribution in [0, 0.1) is 17.5 Å². The predicted octanol–water partition coefficient (Wildman–Crippen LogP) is 3.44. The maximum absolute atomic E-state index is 13.8. The van der Waals surface area contributed by atoms with E-state index < -0.39 is 40.9 Å². The molecule has 1 aromatic carbocycles. The predicted molar refractivity (Wildman–Crippen MR) is 80.9 cm³/mol. The Hall–Kier alpha value is -2.05. The smallest absolute Gasteiger partial charge is 0.328 e. The van der Waals surface area contributed by atoms with E-state index in [9.17, 15) is 22.8 Å². The van der Waals surface area contributed by atoms with Gasteiger partial charge >= 0.3 is 5.97 Å². The average molecular weight is 343 g/mol. The number of esters is 1. The number of rotatable bonds is 6. The molecule has 1 saturated heterocycles. The highest BCUT2D eigenvalue weighted by atomic mass is 19.2. The summed E-state index contributed by atoms with van der Waals surface area (Å²) < 4.78 is 45.3. The molecule has 0 saturated carbocycles. The lowest BCUT2D eigenvalue weighted by molar-refractivity contribution is -0.148. The number of amides is 1. The summed E-state index contributed by atoms with van der Waals surface area (Å²) in [6.45, 7) is 2.53. The third kappa shape index (κ3) is 3.88. The van der Waals surface area contributed by atoms with Crippen LogP contribution >= 0.6 is 0 Å². The van der Waals surface area contributed by atoms with Crippen molar-refractivity contribution in [3.05, 3.63) is 35.1 Å². The molecule has 1 aliphatic heterocycles. The van der Waals surface area contributed by atoms with Gasteiger partial charge in [0.2, 0.25) is 0 Å². The van der Waals surface area contributed by atoms with Crippen LogP contribution in [0.25, 0.3) is 0 Å². The van der Waals surface area contributed by atoms with Gasteiger partial charge < -0.3 is 9.64 Å². The molecule has 0 aromatic heterocycles. The molecule has 0 aliphatic carbocycles. The Morgan fingerprint density at radius 3 is 2.67 bits per heavy atom. The van der Waals surface area contributed by atoms with E-state index in [0.29, 0.717) is 18.9 Å². The second kappa shape index (κ2) is 8.17. The highest BCUT2D eigenvalue weighted by Gasteiger charge is 2.37. The minimum absolute atomic E-state index is 0.242. The number of unbranched alkanes of at least 4 members (excludes halogenated alkanes) is 2. The van der Waals surface area contributed by atoms with Gasteiger partial charge in [-0.25, -0.2) is 18.0 Å². The summed E-state index contributed by atoms with van der Waals surface area (Å²) >= 11 is 0. The van der Waals surface area contributed by atoms with E-state index in [4.69, 9.17) is 4.74 Å². The third-order valence-corrected chi connectivity index (χ3v) is 4.04. The molecular formula is C17H20F3NO3. The first-order valence-corrected chi connectivity index (χ1v) is 8.08. The molecule has 24 heavy (non-hydrogen) atoms. The zero-order valence-corrected chi connectivity index (χ0v) is 13.5. The molecule has 1 aliphatic rings. The van der Waals surface area contributed by atoms with Crippen LogP contribution < -0.4 is 0 Å². The molecule has 7 heteroatoms. The number of hydrogen-bond acceptors (Lipinski definition) is 3. The lowest BCUT2D eigenvalue weighted by Gasteiger charge is -2.23. The second-order valence-corrected chi connectivity index (χ2v) is 5.75. The Bertz CT molecular complexity index is 621. The van der Waals surface area contributed by atoms with E-state index in [0.717, 1.165) is 30.2 Å². The molecular weight excluding hydrogens is 323 g/mol. The van der Waals surface area contributed by atoms with E-state index in [1.165, 1.54) is 0 Å². The first-order valence-electron chi connectivity index (χ1n) is 8.08. The molecule has 1 unspecified atom stereocenters. The Labute approximate surface area is 138 Å². The average Bonchev–Trinajstić information content (AvgIpc) is 3.06. The highest BCUT2D eigenvalue weighted by molar-refractivity contribution is 5.97. The highest BCUT2D eigenvalue weighted by Crippen LogP contribution is 2.24. The summed E-state index contributed by atoms with van der Waals surface area (Å²) in [5.41, 5.74) is -0.584. The fraction of sp³-hybridized carbons (Fsp3) is 0.529. The van der Waals surface area contributed by atoms with Crippen molar-refractivity contribution in [3.63, 3.8) is 0 Å². The summed E-state index contributed by atoms with van der Waals surface area (Å²) in [4.78, 5) is 25.7. The van der Waals surface area contributed by atoms with Crippen molar-refractivity contribution in [1.29, 1.82) is 0 Å². The largest absolute Gasteiger partial charge is 0.464 e. The zero-order valence-electron chi connectivity index (χ0n) is 13.5. The van der Waals surface area contributed by atoms with E-state index in [1.54, 1.807) is 0 Å². The van der Waals surface area contributed by atoms with Crippen molar-refractivity contribution in [1.82, 2.24) is 4.90 Å². The third-order valence-electron chi connectivity index (χ3n) is 4.04. The Morgan fingerprint density at radius 2 is 1.96 bits per heavy atom. The van der Waals surface area contributed by atoms with Crippen LogP contribution in [0.4, 0.5) is 13.2 Å².